The highest BCUT2D eigenvalue weighted by molar-refractivity contribution is 5.34. The van der Waals surface area contributed by atoms with E-state index in [1.807, 2.05) is 12.1 Å². The molecule has 0 amide bonds. The Morgan fingerprint density at radius 1 is 1.35 bits per heavy atom. The molecule has 0 heterocycles. The lowest BCUT2D eigenvalue weighted by Crippen LogP contribution is -2.27. The summed E-state index contributed by atoms with van der Waals surface area (Å²) in [7, 11) is 0. The van der Waals surface area contributed by atoms with Crippen LogP contribution < -0.4 is 5.32 Å². The van der Waals surface area contributed by atoms with Crippen LogP contribution >= 0.6 is 0 Å². The van der Waals surface area contributed by atoms with Crippen molar-refractivity contribution in [1.82, 2.24) is 5.32 Å². The van der Waals surface area contributed by atoms with E-state index in [-0.39, 0.29) is 5.82 Å². The molecule has 0 spiro atoms. The molecule has 1 aliphatic carbocycles. The Morgan fingerprint density at radius 2 is 2.00 bits per heavy atom. The number of nitrogens with one attached hydrogen (secondary N) is 1. The monoisotopic (exact) mass is 235 g/mol. The fourth-order valence-corrected chi connectivity index (χ4v) is 2.80. The standard InChI is InChI=1S/C15H22FN/c1-4-15(9-13(15)10-17-11(2)3)12-5-7-14(16)8-6-12/h5-8,11,13,17H,4,9-10H2,1-3H3. The zero-order chi connectivity index (χ0) is 12.5. The predicted octanol–water partition coefficient (Wildman–Crippen LogP) is 3.49. The third-order valence-electron chi connectivity index (χ3n) is 4.05. The van der Waals surface area contributed by atoms with E-state index in [1.165, 1.54) is 12.0 Å². The average molecular weight is 235 g/mol. The van der Waals surface area contributed by atoms with Gasteiger partial charge in [0.25, 0.3) is 0 Å². The number of rotatable bonds is 5. The Kier molecular flexibility index (Phi) is 3.53. The van der Waals surface area contributed by atoms with Gasteiger partial charge in [-0.25, -0.2) is 4.39 Å². The highest BCUT2D eigenvalue weighted by Crippen LogP contribution is 2.56. The maximum absolute atomic E-state index is 12.9. The van der Waals surface area contributed by atoms with Crippen molar-refractivity contribution >= 4 is 0 Å². The zero-order valence-corrected chi connectivity index (χ0v) is 11.0. The molecule has 0 radical (unpaired) electrons. The summed E-state index contributed by atoms with van der Waals surface area (Å²) in [4.78, 5) is 0. The summed E-state index contributed by atoms with van der Waals surface area (Å²) in [6, 6.07) is 7.61. The summed E-state index contributed by atoms with van der Waals surface area (Å²) in [5.41, 5.74) is 1.60. The molecular formula is C15H22FN. The first kappa shape index (κ1) is 12.6. The molecule has 1 saturated carbocycles. The van der Waals surface area contributed by atoms with Crippen LogP contribution in [0, 0.1) is 11.7 Å². The highest BCUT2D eigenvalue weighted by Gasteiger charge is 2.53. The lowest BCUT2D eigenvalue weighted by molar-refractivity contribution is 0.505. The quantitative estimate of drug-likeness (QED) is 0.823. The minimum absolute atomic E-state index is 0.141. The number of hydrogen-bond acceptors (Lipinski definition) is 1. The molecule has 1 aliphatic rings. The fraction of sp³-hybridized carbons (Fsp3) is 0.600. The SMILES string of the molecule is CCC1(c2ccc(F)cc2)CC1CNC(C)C. The Morgan fingerprint density at radius 3 is 2.53 bits per heavy atom. The van der Waals surface area contributed by atoms with E-state index in [2.05, 4.69) is 26.1 Å². The van der Waals surface area contributed by atoms with Crippen molar-refractivity contribution in [1.29, 1.82) is 0 Å². The molecule has 0 saturated heterocycles. The minimum atomic E-state index is -0.141. The number of hydrogen-bond donors (Lipinski definition) is 1. The minimum Gasteiger partial charge on any atom is -0.314 e. The average Bonchev–Trinajstić information content (AvgIpc) is 3.02. The van der Waals surface area contributed by atoms with Crippen molar-refractivity contribution in [3.8, 4) is 0 Å². The van der Waals surface area contributed by atoms with Gasteiger partial charge >= 0.3 is 0 Å². The Bertz CT molecular complexity index is 371. The molecule has 1 nitrogen and oxygen atoms in total. The smallest absolute Gasteiger partial charge is 0.123 e. The Labute approximate surface area is 103 Å². The van der Waals surface area contributed by atoms with Gasteiger partial charge in [0.05, 0.1) is 0 Å². The van der Waals surface area contributed by atoms with Gasteiger partial charge in [0.15, 0.2) is 0 Å². The van der Waals surface area contributed by atoms with Crippen molar-refractivity contribution < 1.29 is 4.39 Å². The molecule has 94 valence electrons. The summed E-state index contributed by atoms with van der Waals surface area (Å²) in [6.07, 6.45) is 2.37. The van der Waals surface area contributed by atoms with Gasteiger partial charge in [-0.05, 0) is 48.4 Å². The van der Waals surface area contributed by atoms with E-state index in [0.29, 0.717) is 17.4 Å². The molecule has 2 atom stereocenters. The zero-order valence-electron chi connectivity index (χ0n) is 11.0. The molecule has 0 bridgehead atoms. The molecule has 2 unspecified atom stereocenters. The van der Waals surface area contributed by atoms with Gasteiger partial charge in [0.2, 0.25) is 0 Å². The van der Waals surface area contributed by atoms with E-state index in [0.717, 1.165) is 13.0 Å². The van der Waals surface area contributed by atoms with Crippen LogP contribution in [-0.4, -0.2) is 12.6 Å². The molecule has 1 aromatic carbocycles. The summed E-state index contributed by atoms with van der Waals surface area (Å²) < 4.78 is 12.9. The maximum atomic E-state index is 12.9. The lowest BCUT2D eigenvalue weighted by atomic mass is 9.90. The Hall–Kier alpha value is -0.890. The molecular weight excluding hydrogens is 213 g/mol. The summed E-state index contributed by atoms with van der Waals surface area (Å²) >= 11 is 0. The van der Waals surface area contributed by atoms with Crippen LogP contribution in [0.25, 0.3) is 0 Å². The van der Waals surface area contributed by atoms with Gasteiger partial charge < -0.3 is 5.32 Å². The van der Waals surface area contributed by atoms with Crippen molar-refractivity contribution in [2.75, 3.05) is 6.54 Å². The second-order valence-electron chi connectivity index (χ2n) is 5.48. The van der Waals surface area contributed by atoms with Gasteiger partial charge in [-0.15, -0.1) is 0 Å². The number of benzene rings is 1. The fourth-order valence-electron chi connectivity index (χ4n) is 2.80. The first-order chi connectivity index (χ1) is 8.08. The molecule has 1 N–H and O–H groups in total. The highest BCUT2D eigenvalue weighted by atomic mass is 19.1. The molecule has 17 heavy (non-hydrogen) atoms. The Balaban J connectivity index is 2.05. The normalized spacial score (nSPS) is 27.5. The molecule has 1 fully saturated rings. The van der Waals surface area contributed by atoms with E-state index in [1.54, 1.807) is 12.1 Å². The van der Waals surface area contributed by atoms with Crippen LogP contribution in [0.3, 0.4) is 0 Å². The van der Waals surface area contributed by atoms with Crippen LogP contribution in [-0.2, 0) is 5.41 Å². The van der Waals surface area contributed by atoms with Gasteiger partial charge in [0.1, 0.15) is 5.82 Å². The molecule has 0 aliphatic heterocycles. The van der Waals surface area contributed by atoms with Crippen LogP contribution in [0.2, 0.25) is 0 Å². The van der Waals surface area contributed by atoms with Gasteiger partial charge in [0, 0.05) is 6.04 Å². The predicted molar refractivity (Wildman–Crippen MR) is 69.6 cm³/mol. The van der Waals surface area contributed by atoms with Crippen molar-refractivity contribution in [3.05, 3.63) is 35.6 Å². The van der Waals surface area contributed by atoms with Crippen molar-refractivity contribution in [2.24, 2.45) is 5.92 Å². The molecule has 1 aromatic rings. The van der Waals surface area contributed by atoms with Crippen LogP contribution in [0.1, 0.15) is 39.2 Å². The number of halogens is 1. The van der Waals surface area contributed by atoms with Crippen LogP contribution in [0.4, 0.5) is 4.39 Å². The summed E-state index contributed by atoms with van der Waals surface area (Å²) in [5.74, 6) is 0.567. The van der Waals surface area contributed by atoms with Gasteiger partial charge in [-0.2, -0.15) is 0 Å². The molecule has 0 aromatic heterocycles. The van der Waals surface area contributed by atoms with Crippen LogP contribution in [0.5, 0.6) is 0 Å². The van der Waals surface area contributed by atoms with E-state index in [9.17, 15) is 4.39 Å². The first-order valence-corrected chi connectivity index (χ1v) is 6.58. The third kappa shape index (κ3) is 2.52. The van der Waals surface area contributed by atoms with Gasteiger partial charge in [-0.3, -0.25) is 0 Å². The second-order valence-corrected chi connectivity index (χ2v) is 5.48. The second kappa shape index (κ2) is 4.77. The molecule has 2 rings (SSSR count). The van der Waals surface area contributed by atoms with E-state index >= 15 is 0 Å². The van der Waals surface area contributed by atoms with E-state index in [4.69, 9.17) is 0 Å². The van der Waals surface area contributed by atoms with Crippen molar-refractivity contribution in [2.45, 2.75) is 45.1 Å². The lowest BCUT2D eigenvalue weighted by Gasteiger charge is -2.17. The van der Waals surface area contributed by atoms with Crippen LogP contribution in [0.15, 0.2) is 24.3 Å². The third-order valence-corrected chi connectivity index (χ3v) is 4.05. The van der Waals surface area contributed by atoms with Crippen molar-refractivity contribution in [3.63, 3.8) is 0 Å². The largest absolute Gasteiger partial charge is 0.314 e. The first-order valence-electron chi connectivity index (χ1n) is 6.58. The summed E-state index contributed by atoms with van der Waals surface area (Å²) in [5, 5.41) is 3.50. The molecule has 2 heteroatoms. The van der Waals surface area contributed by atoms with E-state index < -0.39 is 0 Å². The van der Waals surface area contributed by atoms with Gasteiger partial charge in [-0.1, -0.05) is 32.9 Å². The topological polar surface area (TPSA) is 12.0 Å². The maximum Gasteiger partial charge on any atom is 0.123 e. The summed E-state index contributed by atoms with van der Waals surface area (Å²) in [6.45, 7) is 7.66.